The van der Waals surface area contributed by atoms with Crippen molar-refractivity contribution in [2.75, 3.05) is 30.8 Å². The maximum absolute atomic E-state index is 13.3. The van der Waals surface area contributed by atoms with Gasteiger partial charge in [0.25, 0.3) is 0 Å². The molecule has 94 valence electrons. The number of nitrogens with zero attached hydrogens (tertiary/aromatic N) is 1. The van der Waals surface area contributed by atoms with Crippen LogP contribution in [0.4, 0.5) is 20.4 Å². The van der Waals surface area contributed by atoms with Gasteiger partial charge in [-0.3, -0.25) is 0 Å². The zero-order chi connectivity index (χ0) is 12.3. The predicted octanol–water partition coefficient (Wildman–Crippen LogP) is 1.78. The van der Waals surface area contributed by atoms with Gasteiger partial charge in [0.2, 0.25) is 0 Å². The van der Waals surface area contributed by atoms with Crippen molar-refractivity contribution >= 4 is 11.6 Å². The molecule has 0 amide bonds. The molecule has 0 saturated carbocycles. The second kappa shape index (κ2) is 5.27. The van der Waals surface area contributed by atoms with Gasteiger partial charge in [-0.05, 0) is 18.8 Å². The molecule has 4 nitrogen and oxygen atoms in total. The molecule has 6 heteroatoms. The van der Waals surface area contributed by atoms with Crippen molar-refractivity contribution in [3.63, 3.8) is 0 Å². The van der Waals surface area contributed by atoms with E-state index in [4.69, 9.17) is 10.5 Å². The number of nitrogens with two attached hydrogens (primary N) is 1. The highest BCUT2D eigenvalue weighted by molar-refractivity contribution is 5.44. The average Bonchev–Trinajstić information content (AvgIpc) is 2.33. The Labute approximate surface area is 98.2 Å². The number of aromatic nitrogens is 1. The number of nitrogen functional groups attached to an aromatic ring is 1. The molecule has 0 spiro atoms. The third-order valence-corrected chi connectivity index (χ3v) is 2.77. The minimum absolute atomic E-state index is 0.00512. The molecule has 3 N–H and O–H groups in total. The minimum atomic E-state index is -0.839. The zero-order valence-corrected chi connectivity index (χ0v) is 9.38. The monoisotopic (exact) mass is 243 g/mol. The summed E-state index contributed by atoms with van der Waals surface area (Å²) >= 11 is 0. The van der Waals surface area contributed by atoms with E-state index in [9.17, 15) is 8.78 Å². The Balaban J connectivity index is 1.96. The van der Waals surface area contributed by atoms with Gasteiger partial charge in [-0.25, -0.2) is 13.8 Å². The Morgan fingerprint density at radius 3 is 3.00 bits per heavy atom. The van der Waals surface area contributed by atoms with Crippen molar-refractivity contribution < 1.29 is 13.5 Å². The fourth-order valence-corrected chi connectivity index (χ4v) is 1.81. The predicted molar refractivity (Wildman–Crippen MR) is 60.6 cm³/mol. The average molecular weight is 243 g/mol. The highest BCUT2D eigenvalue weighted by atomic mass is 19.1. The van der Waals surface area contributed by atoms with Crippen molar-refractivity contribution in [3.05, 3.63) is 17.7 Å². The standard InChI is InChI=1S/C11H15F2N3O/c12-8-4-9(13)11(16-10(8)14)15-5-7-2-1-3-17-6-7/h4,7H,1-3,5-6H2,(H3,14,15,16). The molecule has 17 heavy (non-hydrogen) atoms. The van der Waals surface area contributed by atoms with E-state index >= 15 is 0 Å². The molecule has 2 rings (SSSR count). The molecule has 1 aromatic heterocycles. The van der Waals surface area contributed by atoms with Gasteiger partial charge in [0, 0.05) is 19.2 Å². The largest absolute Gasteiger partial charge is 0.381 e. The van der Waals surface area contributed by atoms with Crippen LogP contribution in [0.15, 0.2) is 6.07 Å². The molecule has 1 unspecified atom stereocenters. The van der Waals surface area contributed by atoms with Gasteiger partial charge in [0.05, 0.1) is 6.61 Å². The van der Waals surface area contributed by atoms with Crippen LogP contribution in [-0.4, -0.2) is 24.7 Å². The smallest absolute Gasteiger partial charge is 0.168 e. The fraction of sp³-hybridized carbons (Fsp3) is 0.545. The third-order valence-electron chi connectivity index (χ3n) is 2.77. The zero-order valence-electron chi connectivity index (χ0n) is 9.38. The highest BCUT2D eigenvalue weighted by Gasteiger charge is 2.15. The Kier molecular flexibility index (Phi) is 3.73. The van der Waals surface area contributed by atoms with Gasteiger partial charge in [-0.1, -0.05) is 0 Å². The number of pyridine rings is 1. The van der Waals surface area contributed by atoms with Crippen LogP contribution in [-0.2, 0) is 4.74 Å². The first-order valence-corrected chi connectivity index (χ1v) is 5.60. The molecular weight excluding hydrogens is 228 g/mol. The van der Waals surface area contributed by atoms with E-state index in [1.807, 2.05) is 0 Å². The second-order valence-corrected chi connectivity index (χ2v) is 4.15. The van der Waals surface area contributed by atoms with E-state index in [1.54, 1.807) is 0 Å². The van der Waals surface area contributed by atoms with Crippen molar-refractivity contribution in [3.8, 4) is 0 Å². The number of hydrogen-bond donors (Lipinski definition) is 2. The molecule has 1 aliphatic heterocycles. The molecule has 0 bridgehead atoms. The van der Waals surface area contributed by atoms with Crippen LogP contribution in [0.5, 0.6) is 0 Å². The maximum atomic E-state index is 13.3. The quantitative estimate of drug-likeness (QED) is 0.849. The van der Waals surface area contributed by atoms with E-state index in [2.05, 4.69) is 10.3 Å². The Hall–Kier alpha value is -1.43. The molecule has 1 aromatic rings. The SMILES string of the molecule is Nc1nc(NCC2CCCOC2)c(F)cc1F. The molecule has 1 aliphatic rings. The molecular formula is C11H15F2N3O. The van der Waals surface area contributed by atoms with Gasteiger partial charge in [0.1, 0.15) is 0 Å². The summed E-state index contributed by atoms with van der Waals surface area (Å²) in [6.07, 6.45) is 2.04. The topological polar surface area (TPSA) is 60.2 Å². The molecule has 1 atom stereocenters. The molecule has 0 aliphatic carbocycles. The van der Waals surface area contributed by atoms with Crippen molar-refractivity contribution in [1.29, 1.82) is 0 Å². The van der Waals surface area contributed by atoms with Gasteiger partial charge in [0.15, 0.2) is 23.3 Å². The summed E-state index contributed by atoms with van der Waals surface area (Å²) in [6.45, 7) is 1.99. The minimum Gasteiger partial charge on any atom is -0.381 e. The van der Waals surface area contributed by atoms with E-state index in [0.29, 0.717) is 19.1 Å². The lowest BCUT2D eigenvalue weighted by Gasteiger charge is -2.22. The van der Waals surface area contributed by atoms with E-state index in [1.165, 1.54) is 0 Å². The van der Waals surface area contributed by atoms with Crippen LogP contribution in [0.2, 0.25) is 0 Å². The first kappa shape index (κ1) is 12.0. The van der Waals surface area contributed by atoms with Crippen LogP contribution >= 0.6 is 0 Å². The van der Waals surface area contributed by atoms with E-state index < -0.39 is 11.6 Å². The number of halogens is 2. The first-order valence-electron chi connectivity index (χ1n) is 5.60. The summed E-state index contributed by atoms with van der Waals surface area (Å²) in [4.78, 5) is 3.63. The number of nitrogens with one attached hydrogen (secondary N) is 1. The van der Waals surface area contributed by atoms with Gasteiger partial charge < -0.3 is 15.8 Å². The van der Waals surface area contributed by atoms with Gasteiger partial charge in [-0.2, -0.15) is 0 Å². The summed E-state index contributed by atoms with van der Waals surface area (Å²) in [6, 6.07) is 0.738. The number of hydrogen-bond acceptors (Lipinski definition) is 4. The van der Waals surface area contributed by atoms with Gasteiger partial charge in [-0.15, -0.1) is 0 Å². The summed E-state index contributed by atoms with van der Waals surface area (Å²) in [5.74, 6) is -1.54. The third kappa shape index (κ3) is 3.03. The van der Waals surface area contributed by atoms with Crippen LogP contribution in [0.3, 0.4) is 0 Å². The molecule has 2 heterocycles. The summed E-state index contributed by atoms with van der Waals surface area (Å²) in [5.41, 5.74) is 5.28. The van der Waals surface area contributed by atoms with Crippen LogP contribution in [0.25, 0.3) is 0 Å². The first-order chi connectivity index (χ1) is 8.16. The van der Waals surface area contributed by atoms with Crippen molar-refractivity contribution in [1.82, 2.24) is 4.98 Å². The van der Waals surface area contributed by atoms with Gasteiger partial charge >= 0.3 is 0 Å². The highest BCUT2D eigenvalue weighted by Crippen LogP contribution is 2.18. The lowest BCUT2D eigenvalue weighted by Crippen LogP contribution is -2.25. The summed E-state index contributed by atoms with van der Waals surface area (Å²) in [5, 5.41) is 2.84. The Morgan fingerprint density at radius 1 is 1.47 bits per heavy atom. The lowest BCUT2D eigenvalue weighted by atomic mass is 10.0. The van der Waals surface area contributed by atoms with Crippen molar-refractivity contribution in [2.45, 2.75) is 12.8 Å². The van der Waals surface area contributed by atoms with E-state index in [0.717, 1.165) is 25.5 Å². The molecule has 1 fully saturated rings. The Morgan fingerprint density at radius 2 is 2.29 bits per heavy atom. The fourth-order valence-electron chi connectivity index (χ4n) is 1.81. The summed E-state index contributed by atoms with van der Waals surface area (Å²) < 4.78 is 31.5. The van der Waals surface area contributed by atoms with Crippen LogP contribution in [0.1, 0.15) is 12.8 Å². The second-order valence-electron chi connectivity index (χ2n) is 4.15. The molecule has 1 saturated heterocycles. The van der Waals surface area contributed by atoms with Crippen LogP contribution < -0.4 is 11.1 Å². The number of ether oxygens (including phenoxy) is 1. The molecule has 0 radical (unpaired) electrons. The maximum Gasteiger partial charge on any atom is 0.168 e. The number of anilines is 2. The Bertz CT molecular complexity index is 395. The van der Waals surface area contributed by atoms with Crippen molar-refractivity contribution in [2.24, 2.45) is 5.92 Å². The number of rotatable bonds is 3. The normalized spacial score (nSPS) is 20.2. The lowest BCUT2D eigenvalue weighted by molar-refractivity contribution is 0.0594. The summed E-state index contributed by atoms with van der Waals surface area (Å²) in [7, 11) is 0. The van der Waals surface area contributed by atoms with Crippen LogP contribution in [0, 0.1) is 17.6 Å². The van der Waals surface area contributed by atoms with E-state index in [-0.39, 0.29) is 11.6 Å². The molecule has 0 aromatic carbocycles.